The van der Waals surface area contributed by atoms with E-state index in [2.05, 4.69) is 20.2 Å². The number of carbonyl (C=O) groups excluding carboxylic acids is 3. The van der Waals surface area contributed by atoms with Crippen molar-refractivity contribution < 1.29 is 23.5 Å². The second-order valence-corrected chi connectivity index (χ2v) is 11.0. The zero-order valence-electron chi connectivity index (χ0n) is 22.1. The van der Waals surface area contributed by atoms with Crippen LogP contribution < -0.4 is 15.0 Å². The number of nitrogens with zero attached hydrogens (tertiary/aromatic N) is 5. The van der Waals surface area contributed by atoms with Crippen LogP contribution in [0.3, 0.4) is 0 Å². The molecule has 6 rings (SSSR count). The molecule has 10 nitrogen and oxygen atoms in total. The highest BCUT2D eigenvalue weighted by Gasteiger charge is 2.60. The molecule has 1 aliphatic carbocycles. The molecule has 3 amide bonds. The molecule has 1 N–H and O–H groups in total. The third kappa shape index (κ3) is 4.62. The number of carbonyl (C=O) groups is 3. The molecule has 4 aliphatic rings. The Bertz CT molecular complexity index is 1310. The molecule has 1 atom stereocenters. The highest BCUT2D eigenvalue weighted by Crippen LogP contribution is 2.46. The van der Waals surface area contributed by atoms with Crippen LogP contribution in [-0.2, 0) is 20.8 Å². The van der Waals surface area contributed by atoms with Crippen LogP contribution in [-0.4, -0.2) is 76.8 Å². The van der Waals surface area contributed by atoms with Crippen LogP contribution in [0.5, 0.6) is 5.75 Å². The molecule has 11 heteroatoms. The van der Waals surface area contributed by atoms with Crippen LogP contribution in [0.1, 0.15) is 50.5 Å². The van der Waals surface area contributed by atoms with Crippen LogP contribution in [0, 0.1) is 11.2 Å². The summed E-state index contributed by atoms with van der Waals surface area (Å²) in [7, 11) is 1.43. The fraction of sp³-hybridized carbons (Fsp3) is 0.536. The van der Waals surface area contributed by atoms with Crippen molar-refractivity contribution in [3.8, 4) is 5.75 Å². The van der Waals surface area contributed by atoms with Crippen LogP contribution in [0.2, 0.25) is 0 Å². The number of nitrogens with one attached hydrogen (secondary N) is 1. The Kier molecular flexibility index (Phi) is 6.70. The molecule has 3 aliphatic heterocycles. The van der Waals surface area contributed by atoms with Crippen molar-refractivity contribution in [3.05, 3.63) is 35.8 Å². The Morgan fingerprint density at radius 2 is 1.85 bits per heavy atom. The molecule has 0 bridgehead atoms. The summed E-state index contributed by atoms with van der Waals surface area (Å²) >= 11 is 0. The standard InChI is InChI=1S/C28H33FN6O4/c1-33-23(36)16-28(25(33)37)15-18-17-30-27(32-24(18)35(26(28)38)20-6-2-3-7-20)31-19-8-9-22(21(29)14-19)39-13-12-34-10-4-5-11-34/h8-9,14,17,20H,2-7,10-13,15-16H2,1H3,(H,30,31,32). The summed E-state index contributed by atoms with van der Waals surface area (Å²) in [5.41, 5.74) is -0.340. The number of anilines is 3. The Balaban J connectivity index is 1.22. The lowest BCUT2D eigenvalue weighted by Gasteiger charge is -2.40. The van der Waals surface area contributed by atoms with Gasteiger partial charge in [-0.25, -0.2) is 9.37 Å². The van der Waals surface area contributed by atoms with E-state index in [1.165, 1.54) is 26.0 Å². The average Bonchev–Trinajstić information content (AvgIpc) is 3.68. The minimum Gasteiger partial charge on any atom is -0.489 e. The summed E-state index contributed by atoms with van der Waals surface area (Å²) in [5, 5.41) is 3.04. The molecule has 3 fully saturated rings. The molecule has 1 saturated carbocycles. The van der Waals surface area contributed by atoms with E-state index in [-0.39, 0.29) is 42.4 Å². The van der Waals surface area contributed by atoms with E-state index in [0.29, 0.717) is 23.7 Å². The third-order valence-corrected chi connectivity index (χ3v) is 8.47. The lowest BCUT2D eigenvalue weighted by atomic mass is 9.76. The van der Waals surface area contributed by atoms with Gasteiger partial charge >= 0.3 is 0 Å². The number of rotatable bonds is 7. The topological polar surface area (TPSA) is 108 Å². The number of aromatic nitrogens is 2. The first-order valence-electron chi connectivity index (χ1n) is 13.8. The molecule has 39 heavy (non-hydrogen) atoms. The minimum absolute atomic E-state index is 0.0810. The number of amides is 3. The fourth-order valence-corrected chi connectivity index (χ4v) is 6.33. The molecule has 206 valence electrons. The second kappa shape index (κ2) is 10.2. The van der Waals surface area contributed by atoms with Crippen LogP contribution in [0.25, 0.3) is 0 Å². The van der Waals surface area contributed by atoms with Gasteiger partial charge in [-0.15, -0.1) is 0 Å². The number of fused-ring (bicyclic) bond motifs is 1. The van der Waals surface area contributed by atoms with Gasteiger partial charge in [0.25, 0.3) is 0 Å². The normalized spacial score (nSPS) is 23.8. The van der Waals surface area contributed by atoms with E-state index in [1.54, 1.807) is 23.2 Å². The van der Waals surface area contributed by atoms with E-state index in [4.69, 9.17) is 4.74 Å². The smallest absolute Gasteiger partial charge is 0.245 e. The van der Waals surface area contributed by atoms with Crippen LogP contribution >= 0.6 is 0 Å². The zero-order valence-corrected chi connectivity index (χ0v) is 22.1. The van der Waals surface area contributed by atoms with E-state index in [1.807, 2.05) is 0 Å². The summed E-state index contributed by atoms with van der Waals surface area (Å²) in [6.45, 7) is 3.32. The van der Waals surface area contributed by atoms with E-state index >= 15 is 0 Å². The highest BCUT2D eigenvalue weighted by atomic mass is 19.1. The maximum Gasteiger partial charge on any atom is 0.245 e. The SMILES string of the molecule is CN1C(=O)CC2(Cc3cnc(Nc4ccc(OCCN5CCCC5)c(F)c4)nc3N(C3CCCC3)C2=O)C1=O. The van der Waals surface area contributed by atoms with Crippen molar-refractivity contribution in [1.29, 1.82) is 0 Å². The van der Waals surface area contributed by atoms with Crippen molar-refractivity contribution in [1.82, 2.24) is 19.8 Å². The highest BCUT2D eigenvalue weighted by molar-refractivity contribution is 6.21. The predicted octanol–water partition coefficient (Wildman–Crippen LogP) is 3.04. The van der Waals surface area contributed by atoms with Gasteiger partial charge in [0.05, 0.1) is 6.42 Å². The van der Waals surface area contributed by atoms with Gasteiger partial charge in [-0.1, -0.05) is 12.8 Å². The van der Waals surface area contributed by atoms with Crippen molar-refractivity contribution in [2.24, 2.45) is 5.41 Å². The quantitative estimate of drug-likeness (QED) is 0.425. The molecule has 1 aromatic heterocycles. The van der Waals surface area contributed by atoms with Gasteiger partial charge in [-0.3, -0.25) is 29.1 Å². The average molecular weight is 537 g/mol. The van der Waals surface area contributed by atoms with Gasteiger partial charge < -0.3 is 10.1 Å². The number of imide groups is 1. The van der Waals surface area contributed by atoms with Crippen LogP contribution in [0.15, 0.2) is 24.4 Å². The largest absolute Gasteiger partial charge is 0.489 e. The summed E-state index contributed by atoms with van der Waals surface area (Å²) in [6, 6.07) is 4.52. The molecule has 2 aromatic rings. The lowest BCUT2D eigenvalue weighted by molar-refractivity contribution is -0.144. The minimum atomic E-state index is -1.44. The van der Waals surface area contributed by atoms with Gasteiger partial charge in [0.2, 0.25) is 23.7 Å². The summed E-state index contributed by atoms with van der Waals surface area (Å²) in [6.07, 6.45) is 7.49. The Morgan fingerprint density at radius 1 is 1.08 bits per heavy atom. The van der Waals surface area contributed by atoms with Crippen molar-refractivity contribution in [2.45, 2.75) is 57.4 Å². The van der Waals surface area contributed by atoms with Gasteiger partial charge in [0.1, 0.15) is 17.8 Å². The van der Waals surface area contributed by atoms with Gasteiger partial charge in [-0.05, 0) is 50.9 Å². The first-order valence-corrected chi connectivity index (χ1v) is 13.8. The Hall–Kier alpha value is -3.60. The molecule has 1 unspecified atom stereocenters. The number of hydrogen-bond donors (Lipinski definition) is 1. The maximum atomic E-state index is 14.8. The molecule has 0 radical (unpaired) electrons. The van der Waals surface area contributed by atoms with Crippen molar-refractivity contribution >= 4 is 35.2 Å². The predicted molar refractivity (Wildman–Crippen MR) is 141 cm³/mol. The number of halogens is 1. The van der Waals surface area contributed by atoms with Gasteiger partial charge in [0.15, 0.2) is 11.6 Å². The summed E-state index contributed by atoms with van der Waals surface area (Å²) in [5.74, 6) is -0.816. The second-order valence-electron chi connectivity index (χ2n) is 11.0. The van der Waals surface area contributed by atoms with E-state index in [9.17, 15) is 18.8 Å². The summed E-state index contributed by atoms with van der Waals surface area (Å²) < 4.78 is 20.4. The third-order valence-electron chi connectivity index (χ3n) is 8.47. The Labute approximate surface area is 226 Å². The zero-order chi connectivity index (χ0) is 27.1. The molecule has 2 saturated heterocycles. The fourth-order valence-electron chi connectivity index (χ4n) is 6.33. The molecular formula is C28H33FN6O4. The van der Waals surface area contributed by atoms with Crippen molar-refractivity contribution in [2.75, 3.05) is 43.5 Å². The number of likely N-dealkylation sites (tertiary alicyclic amines) is 2. The van der Waals surface area contributed by atoms with Gasteiger partial charge in [0, 0.05) is 49.6 Å². The number of hydrogen-bond acceptors (Lipinski definition) is 8. The summed E-state index contributed by atoms with van der Waals surface area (Å²) in [4.78, 5) is 53.5. The lowest BCUT2D eigenvalue weighted by Crippen LogP contribution is -2.56. The first kappa shape index (κ1) is 25.7. The van der Waals surface area contributed by atoms with Crippen LogP contribution in [0.4, 0.5) is 21.8 Å². The molecule has 1 spiro atoms. The molecule has 4 heterocycles. The van der Waals surface area contributed by atoms with Gasteiger partial charge in [-0.2, -0.15) is 4.98 Å². The van der Waals surface area contributed by atoms with E-state index in [0.717, 1.165) is 50.2 Å². The van der Waals surface area contributed by atoms with E-state index < -0.39 is 17.1 Å². The number of ether oxygens (including phenoxy) is 1. The Morgan fingerprint density at radius 3 is 2.54 bits per heavy atom. The number of benzene rings is 1. The maximum absolute atomic E-state index is 14.8. The molecule has 1 aromatic carbocycles. The molecular weight excluding hydrogens is 503 g/mol. The van der Waals surface area contributed by atoms with Crippen molar-refractivity contribution in [3.63, 3.8) is 0 Å². The monoisotopic (exact) mass is 536 g/mol. The first-order chi connectivity index (χ1) is 18.9.